The molecule has 0 amide bonds. The summed E-state index contributed by atoms with van der Waals surface area (Å²) in [6.45, 7) is 9.04. The first-order chi connectivity index (χ1) is 31.2. The van der Waals surface area contributed by atoms with Gasteiger partial charge in [-0.1, -0.05) is 307 Å². The number of hydrogen-bond donors (Lipinski definition) is 0. The van der Waals surface area contributed by atoms with Crippen LogP contribution in [0.2, 0.25) is 0 Å². The Kier molecular flexibility index (Phi) is 54.5. The quantitative estimate of drug-likeness (QED) is 0.0264. The van der Waals surface area contributed by atoms with Gasteiger partial charge in [0.05, 0.1) is 13.2 Å². The minimum absolute atomic E-state index is 0.350. The highest BCUT2D eigenvalue weighted by Gasteiger charge is 2.14. The predicted octanol–water partition coefficient (Wildman–Crippen LogP) is 19.4. The fraction of sp³-hybridized carbons (Fsp3) is 0.814. The van der Waals surface area contributed by atoms with Crippen LogP contribution in [0.5, 0.6) is 0 Å². The van der Waals surface area contributed by atoms with Gasteiger partial charge in [0.1, 0.15) is 6.10 Å². The van der Waals surface area contributed by atoms with Crippen molar-refractivity contribution in [3.05, 3.63) is 60.8 Å². The van der Waals surface area contributed by atoms with Crippen LogP contribution in [0.4, 0.5) is 0 Å². The number of unbranched alkanes of at least 4 members (excludes halogenated alkanes) is 37. The van der Waals surface area contributed by atoms with Crippen LogP contribution in [0.1, 0.15) is 278 Å². The molecule has 0 atom stereocenters. The Morgan fingerprint density at radius 3 is 0.937 bits per heavy atom. The van der Waals surface area contributed by atoms with Crippen molar-refractivity contribution in [1.82, 2.24) is 0 Å². The highest BCUT2D eigenvalue weighted by atomic mass is 16.6. The van der Waals surface area contributed by atoms with Crippen molar-refractivity contribution in [1.29, 1.82) is 0 Å². The van der Waals surface area contributed by atoms with Gasteiger partial charge in [0.25, 0.3) is 0 Å². The van der Waals surface area contributed by atoms with Crippen LogP contribution in [-0.2, 0) is 19.0 Å². The monoisotopic (exact) mass is 881 g/mol. The van der Waals surface area contributed by atoms with Crippen LogP contribution in [0.25, 0.3) is 0 Å². The number of allylic oxidation sites excluding steroid dienone is 9. The Labute approximate surface area is 394 Å². The average molecular weight is 882 g/mol. The Hall–Kier alpha value is -1.91. The maximum absolute atomic E-state index is 12.7. The molecule has 0 heterocycles. The molecule has 0 aromatic rings. The molecular weight excluding hydrogens is 773 g/mol. The van der Waals surface area contributed by atoms with Gasteiger partial charge in [-0.05, 0) is 25.7 Å². The topological polar surface area (TPSA) is 44.8 Å². The van der Waals surface area contributed by atoms with Crippen molar-refractivity contribution >= 4 is 5.97 Å². The third-order valence-electron chi connectivity index (χ3n) is 12.3. The third kappa shape index (κ3) is 54.3. The summed E-state index contributed by atoms with van der Waals surface area (Å²) < 4.78 is 17.9. The summed E-state index contributed by atoms with van der Waals surface area (Å²) in [5, 5.41) is 0. The molecule has 4 heteroatoms. The van der Waals surface area contributed by atoms with Gasteiger partial charge >= 0.3 is 5.97 Å². The van der Waals surface area contributed by atoms with E-state index < -0.39 is 6.10 Å². The first-order valence-electron chi connectivity index (χ1n) is 27.9. The molecule has 0 aliphatic heterocycles. The molecule has 0 unspecified atom stereocenters. The fourth-order valence-corrected chi connectivity index (χ4v) is 8.17. The van der Waals surface area contributed by atoms with E-state index in [0.717, 1.165) is 19.3 Å². The van der Waals surface area contributed by atoms with Crippen molar-refractivity contribution in [2.75, 3.05) is 26.4 Å². The Morgan fingerprint density at radius 1 is 0.333 bits per heavy atom. The van der Waals surface area contributed by atoms with E-state index in [1.54, 1.807) is 6.08 Å². The number of ether oxygens (including phenoxy) is 3. The van der Waals surface area contributed by atoms with Gasteiger partial charge in [-0.3, -0.25) is 0 Å². The maximum atomic E-state index is 12.7. The zero-order chi connectivity index (χ0) is 45.5. The SMILES string of the molecule is CCCCCCCCC/C=C/C=C/C=C/C=C/C=C/C(=O)OC(COCCCCCCCCCCCCCCCCCC)COCCCCCCCCCCCCCCCCCC. The van der Waals surface area contributed by atoms with Gasteiger partial charge < -0.3 is 14.2 Å². The molecule has 0 spiro atoms. The third-order valence-corrected chi connectivity index (χ3v) is 12.3. The van der Waals surface area contributed by atoms with E-state index in [0.29, 0.717) is 26.4 Å². The number of carbonyl (C=O) groups is 1. The molecule has 0 rings (SSSR count). The molecule has 0 bridgehead atoms. The van der Waals surface area contributed by atoms with E-state index >= 15 is 0 Å². The summed E-state index contributed by atoms with van der Waals surface area (Å²) in [4.78, 5) is 12.7. The van der Waals surface area contributed by atoms with Gasteiger partial charge in [0, 0.05) is 19.3 Å². The summed E-state index contributed by atoms with van der Waals surface area (Å²) in [5.41, 5.74) is 0. The first-order valence-corrected chi connectivity index (χ1v) is 27.9. The molecule has 63 heavy (non-hydrogen) atoms. The number of esters is 1. The molecule has 368 valence electrons. The van der Waals surface area contributed by atoms with Gasteiger partial charge in [-0.2, -0.15) is 0 Å². The van der Waals surface area contributed by atoms with E-state index in [2.05, 4.69) is 39.0 Å². The van der Waals surface area contributed by atoms with E-state index in [4.69, 9.17) is 14.2 Å². The molecule has 0 aromatic heterocycles. The molecule has 0 aliphatic rings. The number of hydrogen-bond acceptors (Lipinski definition) is 4. The maximum Gasteiger partial charge on any atom is 0.331 e. The Bertz CT molecular complexity index is 985. The van der Waals surface area contributed by atoms with Gasteiger partial charge in [-0.25, -0.2) is 4.79 Å². The molecular formula is C59H108O4. The molecule has 0 radical (unpaired) electrons. The highest BCUT2D eigenvalue weighted by Crippen LogP contribution is 2.16. The minimum Gasteiger partial charge on any atom is -0.454 e. The minimum atomic E-state index is -0.392. The number of rotatable bonds is 52. The van der Waals surface area contributed by atoms with Gasteiger partial charge in [-0.15, -0.1) is 0 Å². The van der Waals surface area contributed by atoms with Crippen LogP contribution in [-0.4, -0.2) is 38.5 Å². The van der Waals surface area contributed by atoms with Crippen LogP contribution in [0.15, 0.2) is 60.8 Å². The second-order valence-corrected chi connectivity index (χ2v) is 18.7. The summed E-state index contributed by atoms with van der Waals surface area (Å²) in [6, 6.07) is 0. The molecule has 0 fully saturated rings. The van der Waals surface area contributed by atoms with E-state index in [-0.39, 0.29) is 5.97 Å². The van der Waals surface area contributed by atoms with Crippen molar-refractivity contribution in [3.63, 3.8) is 0 Å². The Morgan fingerprint density at radius 2 is 0.603 bits per heavy atom. The highest BCUT2D eigenvalue weighted by molar-refractivity contribution is 5.82. The van der Waals surface area contributed by atoms with E-state index in [1.807, 2.05) is 30.4 Å². The molecule has 4 nitrogen and oxygen atoms in total. The molecule has 0 aliphatic carbocycles. The first kappa shape index (κ1) is 61.1. The summed E-state index contributed by atoms with van der Waals surface area (Å²) in [7, 11) is 0. The Balaban J connectivity index is 4.31. The lowest BCUT2D eigenvalue weighted by atomic mass is 10.0. The lowest BCUT2D eigenvalue weighted by Gasteiger charge is -2.17. The molecule has 0 saturated heterocycles. The van der Waals surface area contributed by atoms with Crippen LogP contribution < -0.4 is 0 Å². The summed E-state index contributed by atoms with van der Waals surface area (Å²) in [6.07, 6.45) is 73.2. The molecule has 0 saturated carbocycles. The lowest BCUT2D eigenvalue weighted by molar-refractivity contribution is -0.150. The van der Waals surface area contributed by atoms with Gasteiger partial charge in [0.2, 0.25) is 0 Å². The fourth-order valence-electron chi connectivity index (χ4n) is 8.17. The van der Waals surface area contributed by atoms with Gasteiger partial charge in [0.15, 0.2) is 0 Å². The zero-order valence-corrected chi connectivity index (χ0v) is 42.6. The van der Waals surface area contributed by atoms with E-state index in [9.17, 15) is 4.79 Å². The zero-order valence-electron chi connectivity index (χ0n) is 42.6. The summed E-state index contributed by atoms with van der Waals surface area (Å²) >= 11 is 0. The van der Waals surface area contributed by atoms with Crippen LogP contribution in [0, 0.1) is 0 Å². The number of carbonyl (C=O) groups excluding carboxylic acids is 1. The predicted molar refractivity (Wildman–Crippen MR) is 279 cm³/mol. The van der Waals surface area contributed by atoms with Crippen molar-refractivity contribution in [3.8, 4) is 0 Å². The second-order valence-electron chi connectivity index (χ2n) is 18.7. The molecule has 0 N–H and O–H groups in total. The van der Waals surface area contributed by atoms with Crippen molar-refractivity contribution in [2.24, 2.45) is 0 Å². The smallest absolute Gasteiger partial charge is 0.331 e. The lowest BCUT2D eigenvalue weighted by Crippen LogP contribution is -2.28. The average Bonchev–Trinajstić information content (AvgIpc) is 3.29. The summed E-state index contributed by atoms with van der Waals surface area (Å²) in [5.74, 6) is -0.350. The van der Waals surface area contributed by atoms with Crippen LogP contribution >= 0.6 is 0 Å². The molecule has 0 aromatic carbocycles. The standard InChI is InChI=1S/C59H108O4/c1-4-7-10-13-16-19-22-25-28-31-32-35-38-41-44-47-50-53-59(60)63-58(56-61-54-51-48-45-42-39-36-33-29-26-23-20-17-14-11-8-5-2)57-62-55-52-49-46-43-40-37-34-30-27-24-21-18-15-12-9-6-3/h28,31-32,35,38,41,44,47,50,53,58H,4-27,29-30,33-34,36-37,39-40,42-43,45-46,48-49,51-52,54-57H2,1-3H3/b31-28+,35-32+,41-38+,47-44+,53-50+. The van der Waals surface area contributed by atoms with Crippen molar-refractivity contribution in [2.45, 2.75) is 284 Å². The van der Waals surface area contributed by atoms with Crippen molar-refractivity contribution < 1.29 is 19.0 Å². The normalized spacial score (nSPS) is 12.3. The second kappa shape index (κ2) is 56.2. The largest absolute Gasteiger partial charge is 0.454 e. The van der Waals surface area contributed by atoms with E-state index in [1.165, 1.54) is 244 Å². The van der Waals surface area contributed by atoms with Crippen LogP contribution in [0.3, 0.4) is 0 Å².